The fourth-order valence-electron chi connectivity index (χ4n) is 2.54. The molecule has 2 fully saturated rings. The number of hydrogen-bond donors (Lipinski definition) is 1. The molecular formula is C11H20N2O2. The first-order valence-corrected chi connectivity index (χ1v) is 5.85. The predicted octanol–water partition coefficient (Wildman–Crippen LogP) is 0.233. The Labute approximate surface area is 91.0 Å². The van der Waals surface area contributed by atoms with Crippen LogP contribution in [-0.4, -0.2) is 50.2 Å². The molecule has 1 amide bonds. The Morgan fingerprint density at radius 2 is 2.40 bits per heavy atom. The van der Waals surface area contributed by atoms with Crippen LogP contribution in [0.3, 0.4) is 0 Å². The number of rotatable bonds is 3. The molecule has 2 atom stereocenters. The molecule has 0 spiro atoms. The van der Waals surface area contributed by atoms with Gasteiger partial charge in [0.1, 0.15) is 0 Å². The monoisotopic (exact) mass is 212 g/mol. The van der Waals surface area contributed by atoms with E-state index in [0.717, 1.165) is 39.0 Å². The van der Waals surface area contributed by atoms with Crippen LogP contribution in [-0.2, 0) is 9.53 Å². The highest BCUT2D eigenvalue weighted by atomic mass is 16.5. The Morgan fingerprint density at radius 1 is 1.53 bits per heavy atom. The van der Waals surface area contributed by atoms with Crippen LogP contribution < -0.4 is 5.32 Å². The molecule has 2 unspecified atom stereocenters. The van der Waals surface area contributed by atoms with E-state index in [1.807, 2.05) is 7.05 Å². The Morgan fingerprint density at radius 3 is 3.07 bits per heavy atom. The molecule has 2 heterocycles. The molecule has 0 aromatic carbocycles. The van der Waals surface area contributed by atoms with Gasteiger partial charge in [0.05, 0.1) is 12.5 Å². The van der Waals surface area contributed by atoms with Gasteiger partial charge in [-0.15, -0.1) is 0 Å². The van der Waals surface area contributed by atoms with Gasteiger partial charge < -0.3 is 15.0 Å². The van der Waals surface area contributed by atoms with Gasteiger partial charge in [-0.3, -0.25) is 4.79 Å². The summed E-state index contributed by atoms with van der Waals surface area (Å²) in [6, 6.07) is 0.406. The van der Waals surface area contributed by atoms with E-state index >= 15 is 0 Å². The summed E-state index contributed by atoms with van der Waals surface area (Å²) in [6.07, 6.45) is 3.19. The van der Waals surface area contributed by atoms with Crippen LogP contribution in [0.15, 0.2) is 0 Å². The number of carbonyl (C=O) groups is 1. The second-order valence-corrected chi connectivity index (χ2v) is 4.45. The number of ether oxygens (including phenoxy) is 1. The second-order valence-electron chi connectivity index (χ2n) is 4.45. The van der Waals surface area contributed by atoms with Crippen molar-refractivity contribution in [1.82, 2.24) is 10.2 Å². The smallest absolute Gasteiger partial charge is 0.228 e. The summed E-state index contributed by atoms with van der Waals surface area (Å²) in [5.41, 5.74) is 0. The van der Waals surface area contributed by atoms with E-state index < -0.39 is 0 Å². The average molecular weight is 212 g/mol. The first kappa shape index (κ1) is 10.9. The minimum Gasteiger partial charge on any atom is -0.381 e. The van der Waals surface area contributed by atoms with Crippen molar-refractivity contribution in [2.45, 2.75) is 25.3 Å². The highest BCUT2D eigenvalue weighted by Gasteiger charge is 2.34. The van der Waals surface area contributed by atoms with Gasteiger partial charge in [-0.1, -0.05) is 0 Å². The van der Waals surface area contributed by atoms with E-state index in [-0.39, 0.29) is 5.92 Å². The molecule has 0 saturated carbocycles. The minimum atomic E-state index is 0.127. The molecule has 4 nitrogen and oxygen atoms in total. The highest BCUT2D eigenvalue weighted by molar-refractivity contribution is 5.79. The lowest BCUT2D eigenvalue weighted by Crippen LogP contribution is -2.43. The SMILES string of the molecule is CNCC1CCCN1C(=O)C1CCOC1. The third-order valence-corrected chi connectivity index (χ3v) is 3.38. The third kappa shape index (κ3) is 2.32. The zero-order valence-electron chi connectivity index (χ0n) is 9.37. The lowest BCUT2D eigenvalue weighted by molar-refractivity contribution is -0.136. The molecule has 2 saturated heterocycles. The van der Waals surface area contributed by atoms with Crippen LogP contribution in [0.2, 0.25) is 0 Å². The van der Waals surface area contributed by atoms with Gasteiger partial charge in [0.15, 0.2) is 0 Å². The largest absolute Gasteiger partial charge is 0.381 e. The standard InChI is InChI=1S/C11H20N2O2/c1-12-7-10-3-2-5-13(10)11(14)9-4-6-15-8-9/h9-10,12H,2-8H2,1H3. The maximum absolute atomic E-state index is 12.2. The second kappa shape index (κ2) is 4.94. The third-order valence-electron chi connectivity index (χ3n) is 3.38. The Balaban J connectivity index is 1.92. The molecule has 2 aliphatic heterocycles. The van der Waals surface area contributed by atoms with Gasteiger partial charge >= 0.3 is 0 Å². The molecule has 2 rings (SSSR count). The molecule has 0 aromatic heterocycles. The van der Waals surface area contributed by atoms with E-state index in [1.165, 1.54) is 0 Å². The summed E-state index contributed by atoms with van der Waals surface area (Å²) >= 11 is 0. The molecule has 0 radical (unpaired) electrons. The fraction of sp³-hybridized carbons (Fsp3) is 0.909. The first-order chi connectivity index (χ1) is 7.33. The van der Waals surface area contributed by atoms with Crippen molar-refractivity contribution in [3.63, 3.8) is 0 Å². The molecule has 4 heteroatoms. The highest BCUT2D eigenvalue weighted by Crippen LogP contribution is 2.22. The van der Waals surface area contributed by atoms with E-state index in [2.05, 4.69) is 10.2 Å². The topological polar surface area (TPSA) is 41.6 Å². The van der Waals surface area contributed by atoms with Crippen LogP contribution in [0.4, 0.5) is 0 Å². The van der Waals surface area contributed by atoms with Gasteiger partial charge in [-0.2, -0.15) is 0 Å². The quantitative estimate of drug-likeness (QED) is 0.728. The summed E-state index contributed by atoms with van der Waals surface area (Å²) < 4.78 is 5.27. The van der Waals surface area contributed by atoms with E-state index in [9.17, 15) is 4.79 Å². The minimum absolute atomic E-state index is 0.127. The number of likely N-dealkylation sites (N-methyl/N-ethyl adjacent to an activating group) is 1. The molecule has 1 N–H and O–H groups in total. The molecular weight excluding hydrogens is 192 g/mol. The Kier molecular flexibility index (Phi) is 3.59. The maximum atomic E-state index is 12.2. The van der Waals surface area contributed by atoms with E-state index in [1.54, 1.807) is 0 Å². The van der Waals surface area contributed by atoms with Gasteiger partial charge in [0.2, 0.25) is 5.91 Å². The van der Waals surface area contributed by atoms with Crippen LogP contribution in [0.1, 0.15) is 19.3 Å². The lowest BCUT2D eigenvalue weighted by atomic mass is 10.1. The molecule has 86 valence electrons. The molecule has 15 heavy (non-hydrogen) atoms. The molecule has 0 aromatic rings. The van der Waals surface area contributed by atoms with Crippen LogP contribution in [0, 0.1) is 5.92 Å². The summed E-state index contributed by atoms with van der Waals surface area (Å²) in [6.45, 7) is 3.23. The van der Waals surface area contributed by atoms with Crippen molar-refractivity contribution in [1.29, 1.82) is 0 Å². The summed E-state index contributed by atoms with van der Waals surface area (Å²) in [7, 11) is 1.94. The Hall–Kier alpha value is -0.610. The Bertz CT molecular complexity index is 227. The summed E-state index contributed by atoms with van der Waals surface area (Å²) in [5, 5.41) is 3.16. The lowest BCUT2D eigenvalue weighted by Gasteiger charge is -2.26. The predicted molar refractivity (Wildman–Crippen MR) is 57.6 cm³/mol. The molecule has 0 aliphatic carbocycles. The number of amides is 1. The van der Waals surface area contributed by atoms with Crippen LogP contribution in [0.5, 0.6) is 0 Å². The average Bonchev–Trinajstić information content (AvgIpc) is 2.87. The zero-order valence-corrected chi connectivity index (χ0v) is 9.37. The van der Waals surface area contributed by atoms with Crippen molar-refractivity contribution in [3.05, 3.63) is 0 Å². The van der Waals surface area contributed by atoms with Crippen molar-refractivity contribution < 1.29 is 9.53 Å². The normalized spacial score (nSPS) is 31.1. The van der Waals surface area contributed by atoms with E-state index in [4.69, 9.17) is 4.74 Å². The number of nitrogens with one attached hydrogen (secondary N) is 1. The van der Waals surface area contributed by atoms with Crippen molar-refractivity contribution in [3.8, 4) is 0 Å². The van der Waals surface area contributed by atoms with Gasteiger partial charge in [0, 0.05) is 25.7 Å². The van der Waals surface area contributed by atoms with Crippen LogP contribution >= 0.6 is 0 Å². The van der Waals surface area contributed by atoms with Crippen LogP contribution in [0.25, 0.3) is 0 Å². The first-order valence-electron chi connectivity index (χ1n) is 5.85. The van der Waals surface area contributed by atoms with Crippen molar-refractivity contribution in [2.75, 3.05) is 33.4 Å². The zero-order chi connectivity index (χ0) is 10.7. The van der Waals surface area contributed by atoms with Crippen molar-refractivity contribution >= 4 is 5.91 Å². The van der Waals surface area contributed by atoms with Crippen molar-refractivity contribution in [2.24, 2.45) is 5.92 Å². The number of hydrogen-bond acceptors (Lipinski definition) is 3. The molecule has 2 aliphatic rings. The summed E-state index contributed by atoms with van der Waals surface area (Å²) in [5.74, 6) is 0.438. The van der Waals surface area contributed by atoms with Gasteiger partial charge in [0.25, 0.3) is 0 Å². The van der Waals surface area contributed by atoms with Gasteiger partial charge in [-0.05, 0) is 26.3 Å². The fourth-order valence-corrected chi connectivity index (χ4v) is 2.54. The number of nitrogens with zero attached hydrogens (tertiary/aromatic N) is 1. The summed E-state index contributed by atoms with van der Waals surface area (Å²) in [4.78, 5) is 14.2. The van der Waals surface area contributed by atoms with Gasteiger partial charge in [-0.25, -0.2) is 0 Å². The van der Waals surface area contributed by atoms with E-state index in [0.29, 0.717) is 18.6 Å². The number of likely N-dealkylation sites (tertiary alicyclic amines) is 1. The maximum Gasteiger partial charge on any atom is 0.228 e. The molecule has 0 bridgehead atoms. The number of carbonyl (C=O) groups excluding carboxylic acids is 1.